The van der Waals surface area contributed by atoms with Crippen LogP contribution in [0.1, 0.15) is 0 Å². The minimum Gasteiger partial charge on any atom is -0.353 e. The zero-order chi connectivity index (χ0) is 14.5. The van der Waals surface area contributed by atoms with Crippen LogP contribution in [-0.4, -0.2) is 63.9 Å². The fourth-order valence-corrected chi connectivity index (χ4v) is 2.42. The van der Waals surface area contributed by atoms with E-state index in [0.29, 0.717) is 5.95 Å². The maximum atomic E-state index is 4.53. The van der Waals surface area contributed by atoms with Gasteiger partial charge in [-0.15, -0.1) is 0 Å². The summed E-state index contributed by atoms with van der Waals surface area (Å²) in [4.78, 5) is 11.2. The summed E-state index contributed by atoms with van der Waals surface area (Å²) in [6, 6.07) is 1.90. The fourth-order valence-electron chi connectivity index (χ4n) is 2.42. The molecule has 2 aromatic rings. The maximum Gasteiger partial charge on any atom is 0.223 e. The Bertz CT molecular complexity index is 574. The van der Waals surface area contributed by atoms with E-state index < -0.39 is 0 Å². The van der Waals surface area contributed by atoms with Crippen LogP contribution in [0.2, 0.25) is 0 Å². The molecule has 7 nitrogen and oxygen atoms in total. The molecule has 1 aliphatic rings. The van der Waals surface area contributed by atoms with Crippen LogP contribution in [0.5, 0.6) is 0 Å². The van der Waals surface area contributed by atoms with Crippen molar-refractivity contribution in [3.63, 3.8) is 0 Å². The zero-order valence-electron chi connectivity index (χ0n) is 12.3. The van der Waals surface area contributed by atoms with E-state index in [-0.39, 0.29) is 0 Å². The van der Waals surface area contributed by atoms with E-state index in [9.17, 15) is 0 Å². The third-order valence-corrected chi connectivity index (χ3v) is 3.58. The summed E-state index contributed by atoms with van der Waals surface area (Å²) in [7, 11) is 1.90. The van der Waals surface area contributed by atoms with Crippen molar-refractivity contribution in [2.24, 2.45) is 7.05 Å². The fraction of sp³-hybridized carbons (Fsp3) is 0.500. The number of aryl methyl sites for hydroxylation is 1. The topological polar surface area (TPSA) is 70.9 Å². The highest BCUT2D eigenvalue weighted by molar-refractivity contribution is 5.57. The van der Waals surface area contributed by atoms with Gasteiger partial charge in [-0.3, -0.25) is 9.58 Å². The first-order valence-corrected chi connectivity index (χ1v) is 7.30. The van der Waals surface area contributed by atoms with E-state index in [1.807, 2.05) is 25.5 Å². The molecule has 0 aromatic carbocycles. The van der Waals surface area contributed by atoms with E-state index in [1.165, 1.54) is 0 Å². The molecule has 3 heterocycles. The largest absolute Gasteiger partial charge is 0.353 e. The Labute approximate surface area is 124 Å². The van der Waals surface area contributed by atoms with E-state index in [2.05, 4.69) is 30.6 Å². The molecule has 1 fully saturated rings. The van der Waals surface area contributed by atoms with Crippen molar-refractivity contribution in [1.82, 2.24) is 30.0 Å². The number of anilines is 1. The van der Waals surface area contributed by atoms with Crippen molar-refractivity contribution >= 4 is 5.95 Å². The smallest absolute Gasteiger partial charge is 0.223 e. The van der Waals surface area contributed by atoms with Gasteiger partial charge in [-0.1, -0.05) is 0 Å². The van der Waals surface area contributed by atoms with Crippen LogP contribution in [0.25, 0.3) is 11.3 Å². The second-order valence-corrected chi connectivity index (χ2v) is 5.19. The highest BCUT2D eigenvalue weighted by Gasteiger charge is 2.09. The van der Waals surface area contributed by atoms with E-state index in [0.717, 1.165) is 50.5 Å². The van der Waals surface area contributed by atoms with Gasteiger partial charge in [-0.2, -0.15) is 5.10 Å². The van der Waals surface area contributed by atoms with Gasteiger partial charge in [-0.05, 0) is 6.07 Å². The van der Waals surface area contributed by atoms with Gasteiger partial charge in [0.25, 0.3) is 0 Å². The second-order valence-electron chi connectivity index (χ2n) is 5.19. The van der Waals surface area contributed by atoms with Crippen molar-refractivity contribution in [2.75, 3.05) is 44.6 Å². The Hall–Kier alpha value is -1.99. The van der Waals surface area contributed by atoms with Crippen LogP contribution in [0.15, 0.2) is 24.7 Å². The molecule has 0 radical (unpaired) electrons. The van der Waals surface area contributed by atoms with Gasteiger partial charge in [0, 0.05) is 64.3 Å². The lowest BCUT2D eigenvalue weighted by Gasteiger charge is -2.27. The van der Waals surface area contributed by atoms with E-state index >= 15 is 0 Å². The number of hydrogen-bond donors (Lipinski definition) is 2. The number of nitrogens with zero attached hydrogens (tertiary/aromatic N) is 5. The molecule has 2 N–H and O–H groups in total. The van der Waals surface area contributed by atoms with Gasteiger partial charge in [0.05, 0.1) is 11.9 Å². The first-order chi connectivity index (χ1) is 10.3. The third-order valence-electron chi connectivity index (χ3n) is 3.58. The molecule has 0 amide bonds. The van der Waals surface area contributed by atoms with Gasteiger partial charge in [-0.25, -0.2) is 9.97 Å². The quantitative estimate of drug-likeness (QED) is 0.818. The molecule has 0 aliphatic carbocycles. The number of hydrogen-bond acceptors (Lipinski definition) is 6. The minimum atomic E-state index is 0.673. The Morgan fingerprint density at radius 1 is 1.33 bits per heavy atom. The molecule has 0 saturated carbocycles. The van der Waals surface area contributed by atoms with Crippen LogP contribution in [0.3, 0.4) is 0 Å². The van der Waals surface area contributed by atoms with Crippen LogP contribution in [0.4, 0.5) is 5.95 Å². The van der Waals surface area contributed by atoms with Gasteiger partial charge < -0.3 is 10.6 Å². The molecule has 0 unspecified atom stereocenters. The number of piperazine rings is 1. The summed E-state index contributed by atoms with van der Waals surface area (Å²) in [5.41, 5.74) is 1.90. The normalized spacial score (nSPS) is 16.0. The van der Waals surface area contributed by atoms with Gasteiger partial charge >= 0.3 is 0 Å². The van der Waals surface area contributed by atoms with Crippen LogP contribution >= 0.6 is 0 Å². The van der Waals surface area contributed by atoms with Crippen molar-refractivity contribution in [3.8, 4) is 11.3 Å². The predicted octanol–water partition coefficient (Wildman–Crippen LogP) is 0.194. The molecule has 1 saturated heterocycles. The SMILES string of the molecule is Cn1cc(-c2ccnc(NCCN3CCNCC3)n2)cn1. The van der Waals surface area contributed by atoms with Crippen molar-refractivity contribution in [2.45, 2.75) is 0 Å². The number of aromatic nitrogens is 4. The Morgan fingerprint density at radius 2 is 2.19 bits per heavy atom. The van der Waals surface area contributed by atoms with Crippen molar-refractivity contribution in [1.29, 1.82) is 0 Å². The second kappa shape index (κ2) is 6.64. The van der Waals surface area contributed by atoms with Crippen LogP contribution < -0.4 is 10.6 Å². The number of nitrogens with one attached hydrogen (secondary N) is 2. The minimum absolute atomic E-state index is 0.673. The Morgan fingerprint density at radius 3 is 2.95 bits per heavy atom. The molecule has 112 valence electrons. The van der Waals surface area contributed by atoms with Gasteiger partial charge in [0.15, 0.2) is 0 Å². The summed E-state index contributed by atoms with van der Waals surface area (Å²) in [6.07, 6.45) is 5.54. The Balaban J connectivity index is 1.56. The van der Waals surface area contributed by atoms with Crippen molar-refractivity contribution in [3.05, 3.63) is 24.7 Å². The molecule has 21 heavy (non-hydrogen) atoms. The molecule has 2 aromatic heterocycles. The van der Waals surface area contributed by atoms with E-state index in [4.69, 9.17) is 0 Å². The van der Waals surface area contributed by atoms with Crippen LogP contribution in [0, 0.1) is 0 Å². The Kier molecular flexibility index (Phi) is 4.42. The third kappa shape index (κ3) is 3.77. The lowest BCUT2D eigenvalue weighted by atomic mass is 10.2. The first-order valence-electron chi connectivity index (χ1n) is 7.30. The maximum absolute atomic E-state index is 4.53. The monoisotopic (exact) mass is 287 g/mol. The van der Waals surface area contributed by atoms with Crippen LogP contribution in [-0.2, 0) is 7.05 Å². The highest BCUT2D eigenvalue weighted by Crippen LogP contribution is 2.15. The van der Waals surface area contributed by atoms with E-state index in [1.54, 1.807) is 10.9 Å². The summed E-state index contributed by atoms with van der Waals surface area (Å²) < 4.78 is 1.77. The molecule has 0 spiro atoms. The average Bonchev–Trinajstić information content (AvgIpc) is 2.95. The average molecular weight is 287 g/mol. The molecule has 7 heteroatoms. The molecule has 3 rings (SSSR count). The molecular weight excluding hydrogens is 266 g/mol. The summed E-state index contributed by atoms with van der Waals surface area (Å²) in [5.74, 6) is 0.673. The zero-order valence-corrected chi connectivity index (χ0v) is 12.3. The predicted molar refractivity (Wildman–Crippen MR) is 82.0 cm³/mol. The van der Waals surface area contributed by atoms with Crippen molar-refractivity contribution < 1.29 is 0 Å². The molecular formula is C14H21N7. The summed E-state index contributed by atoms with van der Waals surface area (Å²) >= 11 is 0. The van der Waals surface area contributed by atoms with Gasteiger partial charge in [0.1, 0.15) is 0 Å². The molecule has 0 atom stereocenters. The summed E-state index contributed by atoms with van der Waals surface area (Å²) in [6.45, 7) is 6.25. The number of rotatable bonds is 5. The molecule has 1 aliphatic heterocycles. The lowest BCUT2D eigenvalue weighted by molar-refractivity contribution is 0.249. The summed E-state index contributed by atoms with van der Waals surface area (Å²) in [5, 5.41) is 10.8. The van der Waals surface area contributed by atoms with Gasteiger partial charge in [0.2, 0.25) is 5.95 Å². The standard InChI is InChI=1S/C14H21N7/c1-20-11-12(10-18-20)13-2-3-16-14(19-13)17-6-9-21-7-4-15-5-8-21/h2-3,10-11,15H,4-9H2,1H3,(H,16,17,19). The first kappa shape index (κ1) is 14.0. The lowest BCUT2D eigenvalue weighted by Crippen LogP contribution is -2.45. The highest BCUT2D eigenvalue weighted by atomic mass is 15.2. The molecule has 0 bridgehead atoms.